The van der Waals surface area contributed by atoms with Crippen molar-refractivity contribution < 1.29 is 19.2 Å². The summed E-state index contributed by atoms with van der Waals surface area (Å²) in [5.74, 6) is 3.13. The molecule has 0 aliphatic rings. The van der Waals surface area contributed by atoms with Gasteiger partial charge in [0.05, 0.1) is 5.57 Å². The zero-order chi connectivity index (χ0) is 38.6. The molecular weight excluding hydrogens is 675 g/mol. The zero-order valence-electron chi connectivity index (χ0n) is 35.8. The van der Waals surface area contributed by atoms with Crippen molar-refractivity contribution in [2.45, 2.75) is 215 Å². The van der Waals surface area contributed by atoms with Crippen LogP contribution in [0.2, 0.25) is 10.8 Å². The molecule has 2 rings (SSSR count). The average Bonchev–Trinajstić information content (AvgIpc) is 3.14. The Morgan fingerprint density at radius 2 is 0.904 bits per heavy atom. The second kappa shape index (κ2) is 30.2. The number of hydrogen-bond acceptors (Lipinski definition) is 0. The Balaban J connectivity index is 0.00000252. The first-order valence-electron chi connectivity index (χ1n) is 21.8. The topological polar surface area (TPSA) is 36.4 Å². The van der Waals surface area contributed by atoms with Crippen LogP contribution in [0, 0.1) is 0 Å². The number of hydrogen-bond donors (Lipinski definition) is 0. The van der Waals surface area contributed by atoms with E-state index < -0.39 is 0 Å². The van der Waals surface area contributed by atoms with Gasteiger partial charge in [-0.3, -0.25) is 0 Å². The van der Waals surface area contributed by atoms with Crippen molar-refractivity contribution in [2.75, 3.05) is 0 Å². The maximum absolute atomic E-state index is 9.93. The molecule has 2 aromatic rings. The van der Waals surface area contributed by atoms with E-state index in [4.69, 9.17) is 0 Å². The van der Waals surface area contributed by atoms with Gasteiger partial charge in [-0.1, -0.05) is 131 Å². The van der Waals surface area contributed by atoms with E-state index in [2.05, 4.69) is 104 Å². The minimum absolute atomic E-state index is 0.890. The van der Waals surface area contributed by atoms with Crippen LogP contribution in [-0.4, -0.2) is 10.7 Å². The molecule has 0 saturated carbocycles. The maximum atomic E-state index is 9.93. The summed E-state index contributed by atoms with van der Waals surface area (Å²) in [6.45, 7) is 22.8. The van der Waals surface area contributed by atoms with Crippen molar-refractivity contribution in [1.82, 2.24) is 0 Å². The van der Waals surface area contributed by atoms with Gasteiger partial charge >= 0.3 is 44.9 Å². The number of unbranched alkanes of at least 4 members (excludes halogenated alkanes) is 5. The fourth-order valence-corrected chi connectivity index (χ4v) is 7.93. The summed E-state index contributed by atoms with van der Waals surface area (Å²) in [7, 11) is 0. The molecule has 2 nitrogen and oxygen atoms in total. The van der Waals surface area contributed by atoms with Crippen molar-refractivity contribution >= 4 is 11.4 Å². The Kier molecular flexibility index (Phi) is 27.8. The molecule has 0 amide bonds. The van der Waals surface area contributed by atoms with Crippen molar-refractivity contribution in [3.8, 4) is 0 Å². The first-order valence-corrected chi connectivity index (χ1v) is 23.2. The Bertz CT molecular complexity index is 1330. The predicted octanol–water partition coefficient (Wildman–Crippen LogP) is 15.5. The zero-order valence-corrected chi connectivity index (χ0v) is 36.8. The second-order valence-corrected chi connectivity index (χ2v) is 16.4. The van der Waals surface area contributed by atoms with Crippen LogP contribution in [0.15, 0.2) is 35.4 Å². The number of nitrogens with zero attached hydrogens (tertiary/aromatic N) is 2. The third-order valence-corrected chi connectivity index (χ3v) is 11.1. The Morgan fingerprint density at radius 1 is 0.500 bits per heavy atom. The molecule has 0 spiro atoms. The molecule has 0 aliphatic heterocycles. The number of benzene rings is 2. The molecule has 0 saturated heterocycles. The second-order valence-electron chi connectivity index (χ2n) is 14.5. The van der Waals surface area contributed by atoms with E-state index in [0.717, 1.165) is 89.0 Å². The third-order valence-electron chi connectivity index (χ3n) is 10.1. The fraction of sp³-hybridized carbons (Fsp3) is 0.673. The summed E-state index contributed by atoms with van der Waals surface area (Å²) in [6.07, 6.45) is 24.0. The molecule has 0 N–H and O–H groups in total. The number of rotatable bonds is 26. The standard InChI is InChI=1S/C45H70N2.2C2H5.Ni/c1-9-17-25-37-32-41(33-38(26-18-10-2)43(37)28-20-12-4)45(44(29-21-13-5)39(34-47-46)27-19-11-3)40-30-35(22-14-6)42(24-16-8)36(31-40)23-15-7;2*1-2;/h30-33H,9-29H2,1-8H3;2*1H2,2H3;. The molecule has 52 heavy (non-hydrogen) atoms. The molecule has 0 bridgehead atoms. The minimum atomic E-state index is 0.890. The monoisotopic (exact) mass is 755 g/mol. The molecule has 0 aromatic heterocycles. The average molecular weight is 756 g/mol. The molecule has 3 heteroatoms. The van der Waals surface area contributed by atoms with Gasteiger partial charge in [-0.2, -0.15) is 0 Å². The van der Waals surface area contributed by atoms with Gasteiger partial charge in [0.25, 0.3) is 0 Å². The summed E-state index contributed by atoms with van der Waals surface area (Å²) in [5.41, 5.74) is 25.9. The van der Waals surface area contributed by atoms with E-state index in [9.17, 15) is 5.53 Å². The SMILES string of the molecule is CCCCC(=C=[N+]=[N-])C(CCCC)=C(c1cc(CCC)c(CCC)c(CCC)c1)c1cc(CCCC)c(CCCC)c(CCCC)c1.C[CH2][Ni][CH2]C. The van der Waals surface area contributed by atoms with Crippen LogP contribution in [-0.2, 0) is 53.0 Å². The summed E-state index contributed by atoms with van der Waals surface area (Å²) in [4.78, 5) is 3.56. The van der Waals surface area contributed by atoms with Crippen molar-refractivity contribution in [1.29, 1.82) is 0 Å². The molecule has 0 heterocycles. The number of aryl methyl sites for hydroxylation is 4. The van der Waals surface area contributed by atoms with Gasteiger partial charge in [-0.05, 0) is 139 Å². The number of allylic oxidation sites excluding steroid dienone is 2. The quantitative estimate of drug-likeness (QED) is 0.0301. The molecule has 2 aromatic carbocycles. The summed E-state index contributed by atoms with van der Waals surface area (Å²) < 4.78 is 0. The molecule has 0 atom stereocenters. The predicted molar refractivity (Wildman–Crippen MR) is 229 cm³/mol. The summed E-state index contributed by atoms with van der Waals surface area (Å²) in [5, 5.41) is 2.56. The van der Waals surface area contributed by atoms with Gasteiger partial charge in [-0.15, -0.1) is 4.79 Å². The van der Waals surface area contributed by atoms with Crippen LogP contribution < -0.4 is 0 Å². The Morgan fingerprint density at radius 3 is 1.29 bits per heavy atom. The Hall–Kier alpha value is -2.17. The molecular formula is C49H80N2Ni. The summed E-state index contributed by atoms with van der Waals surface area (Å²) in [6, 6.07) is 10.3. The van der Waals surface area contributed by atoms with E-state index in [-0.39, 0.29) is 0 Å². The normalized spacial score (nSPS) is 11.5. The van der Waals surface area contributed by atoms with Gasteiger partial charge in [0.2, 0.25) is 0 Å². The molecule has 296 valence electrons. The summed E-state index contributed by atoms with van der Waals surface area (Å²) >= 11 is 1.82. The first kappa shape index (κ1) is 47.9. The Labute approximate surface area is 329 Å². The van der Waals surface area contributed by atoms with Gasteiger partial charge < -0.3 is 5.53 Å². The van der Waals surface area contributed by atoms with Gasteiger partial charge in [0.15, 0.2) is 0 Å². The van der Waals surface area contributed by atoms with E-state index in [0.29, 0.717) is 0 Å². The molecule has 0 fully saturated rings. The van der Waals surface area contributed by atoms with Crippen molar-refractivity contribution in [3.05, 3.63) is 85.5 Å². The van der Waals surface area contributed by atoms with E-state index in [1.807, 2.05) is 14.4 Å². The fourth-order valence-electron chi connectivity index (χ4n) is 7.44. The molecule has 0 radical (unpaired) electrons. The van der Waals surface area contributed by atoms with Gasteiger partial charge in [0.1, 0.15) is 0 Å². The van der Waals surface area contributed by atoms with E-state index >= 15 is 0 Å². The first-order chi connectivity index (χ1) is 25.4. The third kappa shape index (κ3) is 16.5. The molecule has 0 aliphatic carbocycles. The van der Waals surface area contributed by atoms with Crippen LogP contribution >= 0.6 is 0 Å². The van der Waals surface area contributed by atoms with Crippen LogP contribution in [0.25, 0.3) is 11.1 Å². The van der Waals surface area contributed by atoms with Crippen molar-refractivity contribution in [3.63, 3.8) is 0 Å². The van der Waals surface area contributed by atoms with Crippen LogP contribution in [0.3, 0.4) is 0 Å². The van der Waals surface area contributed by atoms with E-state index in [1.54, 1.807) is 22.3 Å². The molecule has 0 unspecified atom stereocenters. The van der Waals surface area contributed by atoms with Gasteiger partial charge in [-0.25, -0.2) is 0 Å². The van der Waals surface area contributed by atoms with Crippen LogP contribution in [0.5, 0.6) is 0 Å². The van der Waals surface area contributed by atoms with E-state index in [1.165, 1.54) is 95.5 Å². The van der Waals surface area contributed by atoms with Crippen LogP contribution in [0.4, 0.5) is 0 Å². The van der Waals surface area contributed by atoms with Crippen LogP contribution in [0.1, 0.15) is 210 Å². The van der Waals surface area contributed by atoms with Crippen molar-refractivity contribution in [2.24, 2.45) is 0 Å². The van der Waals surface area contributed by atoms with Gasteiger partial charge in [0, 0.05) is 0 Å².